The summed E-state index contributed by atoms with van der Waals surface area (Å²) in [5.74, 6) is -0.856. The normalized spacial score (nSPS) is 14.8. The average molecular weight is 451 g/mol. The van der Waals surface area contributed by atoms with Gasteiger partial charge in [-0.3, -0.25) is 9.59 Å². The van der Waals surface area contributed by atoms with E-state index in [-0.39, 0.29) is 37.6 Å². The van der Waals surface area contributed by atoms with Gasteiger partial charge in [0.25, 0.3) is 11.8 Å². The van der Waals surface area contributed by atoms with Gasteiger partial charge < -0.3 is 9.80 Å². The van der Waals surface area contributed by atoms with Crippen molar-refractivity contribution in [3.05, 3.63) is 64.0 Å². The first-order chi connectivity index (χ1) is 14.3. The number of halogens is 3. The molecule has 2 amide bonds. The molecule has 0 spiro atoms. The lowest BCUT2D eigenvalue weighted by molar-refractivity contribution is -0.138. The van der Waals surface area contributed by atoms with Gasteiger partial charge in [0.05, 0.1) is 22.2 Å². The van der Waals surface area contributed by atoms with Crippen LogP contribution < -0.4 is 0 Å². The number of nitrogens with zero attached hydrogens (tertiary/aromatic N) is 3. The highest BCUT2D eigenvalue weighted by Crippen LogP contribution is 2.33. The number of benzene rings is 1. The van der Waals surface area contributed by atoms with Gasteiger partial charge in [0.1, 0.15) is 9.88 Å². The van der Waals surface area contributed by atoms with Crippen LogP contribution in [0.3, 0.4) is 0 Å². The Hall–Kier alpha value is -2.72. The summed E-state index contributed by atoms with van der Waals surface area (Å²) in [6.07, 6.45) is -3.06. The molecular weight excluding hydrogens is 435 g/mol. The number of aromatic nitrogens is 1. The Balaban J connectivity index is 1.42. The summed E-state index contributed by atoms with van der Waals surface area (Å²) in [4.78, 5) is 34.2. The lowest BCUT2D eigenvalue weighted by Gasteiger charge is -2.34. The van der Waals surface area contributed by atoms with Crippen LogP contribution >= 0.6 is 22.7 Å². The zero-order valence-electron chi connectivity index (χ0n) is 15.6. The minimum Gasteiger partial charge on any atom is -0.335 e. The van der Waals surface area contributed by atoms with E-state index in [1.807, 2.05) is 17.5 Å². The summed E-state index contributed by atoms with van der Waals surface area (Å²) < 4.78 is 39.6. The molecule has 3 heterocycles. The number of carbonyl (C=O) groups is 2. The number of alkyl halides is 3. The van der Waals surface area contributed by atoms with E-state index in [0.717, 1.165) is 16.0 Å². The quantitative estimate of drug-likeness (QED) is 0.590. The van der Waals surface area contributed by atoms with Crippen LogP contribution in [0.2, 0.25) is 0 Å². The molecule has 0 bridgehead atoms. The molecule has 1 aliphatic heterocycles. The van der Waals surface area contributed by atoms with Crippen molar-refractivity contribution in [2.24, 2.45) is 0 Å². The first-order valence-electron chi connectivity index (χ1n) is 9.09. The van der Waals surface area contributed by atoms with Crippen molar-refractivity contribution in [3.8, 4) is 9.88 Å². The smallest absolute Gasteiger partial charge is 0.335 e. The zero-order chi connectivity index (χ0) is 21.3. The molecule has 0 aliphatic carbocycles. The number of rotatable bonds is 3. The van der Waals surface area contributed by atoms with Crippen LogP contribution in [0.1, 0.15) is 25.6 Å². The van der Waals surface area contributed by atoms with Gasteiger partial charge in [0.2, 0.25) is 0 Å². The Kier molecular flexibility index (Phi) is 5.61. The van der Waals surface area contributed by atoms with Gasteiger partial charge >= 0.3 is 6.18 Å². The Labute approximate surface area is 178 Å². The maximum atomic E-state index is 13.2. The molecule has 1 aliphatic rings. The highest BCUT2D eigenvalue weighted by Gasteiger charge is 2.36. The van der Waals surface area contributed by atoms with E-state index < -0.39 is 17.6 Å². The fourth-order valence-corrected chi connectivity index (χ4v) is 4.93. The number of hydrogen-bond donors (Lipinski definition) is 0. The average Bonchev–Trinajstić information content (AvgIpc) is 3.44. The summed E-state index contributed by atoms with van der Waals surface area (Å²) >= 11 is 2.84. The molecule has 1 fully saturated rings. The van der Waals surface area contributed by atoms with E-state index in [2.05, 4.69) is 4.98 Å². The van der Waals surface area contributed by atoms with Crippen LogP contribution in [0.15, 0.2) is 48.0 Å². The molecule has 4 rings (SSSR count). The van der Waals surface area contributed by atoms with Crippen molar-refractivity contribution in [1.82, 2.24) is 14.8 Å². The van der Waals surface area contributed by atoms with Crippen LogP contribution in [-0.4, -0.2) is 52.8 Å². The molecule has 0 radical (unpaired) electrons. The van der Waals surface area contributed by atoms with E-state index in [0.29, 0.717) is 4.88 Å². The third-order valence-electron chi connectivity index (χ3n) is 4.77. The SMILES string of the molecule is O=C(c1cnc(-c2cccs2)s1)N1CCN(C(=O)c2ccccc2C(F)(F)F)CC1. The molecule has 30 heavy (non-hydrogen) atoms. The molecule has 3 aromatic rings. The lowest BCUT2D eigenvalue weighted by Crippen LogP contribution is -2.50. The molecule has 1 aromatic carbocycles. The van der Waals surface area contributed by atoms with Crippen molar-refractivity contribution in [3.63, 3.8) is 0 Å². The minimum absolute atomic E-state index is 0.174. The van der Waals surface area contributed by atoms with E-state index >= 15 is 0 Å². The fraction of sp³-hybridized carbons (Fsp3) is 0.250. The van der Waals surface area contributed by atoms with Gasteiger partial charge in [0.15, 0.2) is 0 Å². The predicted molar refractivity (Wildman–Crippen MR) is 109 cm³/mol. The van der Waals surface area contributed by atoms with Gasteiger partial charge in [-0.15, -0.1) is 22.7 Å². The number of piperazine rings is 1. The van der Waals surface area contributed by atoms with Crippen molar-refractivity contribution in [2.45, 2.75) is 6.18 Å². The largest absolute Gasteiger partial charge is 0.417 e. The number of thiazole rings is 1. The summed E-state index contributed by atoms with van der Waals surface area (Å²) in [6.45, 7) is 0.858. The number of amides is 2. The summed E-state index contributed by atoms with van der Waals surface area (Å²) in [7, 11) is 0. The summed E-state index contributed by atoms with van der Waals surface area (Å²) in [5, 5.41) is 2.71. The van der Waals surface area contributed by atoms with Crippen molar-refractivity contribution < 1.29 is 22.8 Å². The second kappa shape index (κ2) is 8.19. The van der Waals surface area contributed by atoms with Crippen molar-refractivity contribution >= 4 is 34.5 Å². The number of carbonyl (C=O) groups excluding carboxylic acids is 2. The Morgan fingerprint density at radius 2 is 1.60 bits per heavy atom. The molecule has 5 nitrogen and oxygen atoms in total. The molecule has 1 saturated heterocycles. The number of hydrogen-bond acceptors (Lipinski definition) is 5. The van der Waals surface area contributed by atoms with E-state index in [1.165, 1.54) is 45.8 Å². The van der Waals surface area contributed by atoms with E-state index in [1.54, 1.807) is 11.1 Å². The molecule has 10 heteroatoms. The first kappa shape index (κ1) is 20.5. The molecule has 156 valence electrons. The maximum Gasteiger partial charge on any atom is 0.417 e. The highest BCUT2D eigenvalue weighted by atomic mass is 32.1. The third-order valence-corrected chi connectivity index (χ3v) is 6.79. The van der Waals surface area contributed by atoms with Crippen LogP contribution in [0.4, 0.5) is 13.2 Å². The Morgan fingerprint density at radius 1 is 0.933 bits per heavy atom. The topological polar surface area (TPSA) is 53.5 Å². The molecule has 0 unspecified atom stereocenters. The summed E-state index contributed by atoms with van der Waals surface area (Å²) in [5.41, 5.74) is -1.31. The van der Waals surface area contributed by atoms with Crippen LogP contribution in [-0.2, 0) is 6.18 Å². The minimum atomic E-state index is -4.60. The second-order valence-corrected chi connectivity index (χ2v) is 8.61. The predicted octanol–water partition coefficient (Wildman–Crippen LogP) is 4.49. The monoisotopic (exact) mass is 451 g/mol. The van der Waals surface area contributed by atoms with E-state index in [4.69, 9.17) is 0 Å². The standard InChI is InChI=1S/C20H16F3N3O2S2/c21-20(22,23)14-5-2-1-4-13(14)18(27)25-7-9-26(10-8-25)19(28)16-12-24-17(30-16)15-6-3-11-29-15/h1-6,11-12H,7-10H2. The summed E-state index contributed by atoms with van der Waals surface area (Å²) in [6, 6.07) is 8.61. The Morgan fingerprint density at radius 3 is 2.23 bits per heavy atom. The number of thiophene rings is 1. The van der Waals surface area contributed by atoms with Crippen molar-refractivity contribution in [1.29, 1.82) is 0 Å². The second-order valence-electron chi connectivity index (χ2n) is 6.63. The highest BCUT2D eigenvalue weighted by molar-refractivity contribution is 7.21. The Bertz CT molecular complexity index is 1060. The molecule has 0 saturated carbocycles. The maximum absolute atomic E-state index is 13.2. The van der Waals surface area contributed by atoms with Crippen LogP contribution in [0.25, 0.3) is 9.88 Å². The molecule has 0 N–H and O–H groups in total. The van der Waals surface area contributed by atoms with Gasteiger partial charge in [-0.25, -0.2) is 4.98 Å². The van der Waals surface area contributed by atoms with Gasteiger partial charge in [0, 0.05) is 26.2 Å². The van der Waals surface area contributed by atoms with Gasteiger partial charge in [-0.1, -0.05) is 18.2 Å². The fourth-order valence-electron chi connectivity index (χ4n) is 3.24. The zero-order valence-corrected chi connectivity index (χ0v) is 17.2. The first-order valence-corrected chi connectivity index (χ1v) is 10.8. The van der Waals surface area contributed by atoms with Crippen molar-refractivity contribution in [2.75, 3.05) is 26.2 Å². The third kappa shape index (κ3) is 4.10. The lowest BCUT2D eigenvalue weighted by atomic mass is 10.1. The van der Waals surface area contributed by atoms with Crippen LogP contribution in [0, 0.1) is 0 Å². The molecule has 2 aromatic heterocycles. The molecule has 0 atom stereocenters. The van der Waals surface area contributed by atoms with Gasteiger partial charge in [-0.2, -0.15) is 13.2 Å². The molecular formula is C20H16F3N3O2S2. The van der Waals surface area contributed by atoms with E-state index in [9.17, 15) is 22.8 Å². The van der Waals surface area contributed by atoms with Gasteiger partial charge in [-0.05, 0) is 23.6 Å². The van der Waals surface area contributed by atoms with Crippen LogP contribution in [0.5, 0.6) is 0 Å².